The number of ether oxygens (including phenoxy) is 1. The lowest BCUT2D eigenvalue weighted by molar-refractivity contribution is -0.137. The van der Waals surface area contributed by atoms with Gasteiger partial charge in [-0.05, 0) is 18.9 Å². The van der Waals surface area contributed by atoms with E-state index in [1.165, 1.54) is 11.3 Å². The Bertz CT molecular complexity index is 1050. The van der Waals surface area contributed by atoms with Gasteiger partial charge in [0.15, 0.2) is 5.13 Å². The first-order valence-corrected chi connectivity index (χ1v) is 10.2. The first-order valence-electron chi connectivity index (χ1n) is 9.33. The van der Waals surface area contributed by atoms with Gasteiger partial charge in [-0.25, -0.2) is 9.78 Å². The number of carbonyl (C=O) groups is 2. The molecule has 0 spiro atoms. The Labute approximate surface area is 177 Å². The summed E-state index contributed by atoms with van der Waals surface area (Å²) >= 11 is 1.24. The van der Waals surface area contributed by atoms with Crippen LogP contribution in [0.3, 0.4) is 0 Å². The predicted molar refractivity (Wildman–Crippen MR) is 114 cm³/mol. The van der Waals surface area contributed by atoms with Crippen LogP contribution in [0.2, 0.25) is 0 Å². The third kappa shape index (κ3) is 5.12. The van der Waals surface area contributed by atoms with Crippen LogP contribution in [0, 0.1) is 18.3 Å². The van der Waals surface area contributed by atoms with Crippen molar-refractivity contribution in [2.45, 2.75) is 26.9 Å². The van der Waals surface area contributed by atoms with Crippen molar-refractivity contribution in [3.05, 3.63) is 59.4 Å². The van der Waals surface area contributed by atoms with Crippen LogP contribution < -0.4 is 5.32 Å². The molecule has 1 atom stereocenters. The van der Waals surface area contributed by atoms with Crippen molar-refractivity contribution in [3.8, 4) is 11.4 Å². The topological polar surface area (TPSA) is 118 Å². The fourth-order valence-corrected chi connectivity index (χ4v) is 3.45. The fourth-order valence-electron chi connectivity index (χ4n) is 2.76. The molecular weight excluding hydrogens is 402 g/mol. The number of esters is 1. The summed E-state index contributed by atoms with van der Waals surface area (Å²) in [6.07, 6.45) is 3.46. The van der Waals surface area contributed by atoms with Gasteiger partial charge >= 0.3 is 5.97 Å². The van der Waals surface area contributed by atoms with Crippen LogP contribution in [0.5, 0.6) is 0 Å². The molecule has 1 amide bonds. The number of anilines is 1. The minimum Gasteiger partial charge on any atom is -0.456 e. The van der Waals surface area contributed by atoms with Gasteiger partial charge in [0, 0.05) is 17.8 Å². The van der Waals surface area contributed by atoms with Crippen molar-refractivity contribution in [2.75, 3.05) is 5.32 Å². The minimum atomic E-state index is -0.932. The highest BCUT2D eigenvalue weighted by atomic mass is 32.1. The smallest absolute Gasteiger partial charge is 0.353 e. The molecule has 0 bridgehead atoms. The van der Waals surface area contributed by atoms with Gasteiger partial charge in [-0.2, -0.15) is 0 Å². The lowest BCUT2D eigenvalue weighted by atomic mass is 9.99. The van der Waals surface area contributed by atoms with Crippen LogP contribution in [0.15, 0.2) is 48.1 Å². The van der Waals surface area contributed by atoms with E-state index in [1.807, 2.05) is 37.3 Å². The van der Waals surface area contributed by atoms with Gasteiger partial charge < -0.3 is 10.1 Å². The highest BCUT2D eigenvalue weighted by Crippen LogP contribution is 2.25. The number of aromatic nitrogens is 3. The standard InChI is InChI=1S/C21H21N5O3S/c1-3-15(17(22)20(28)29-11-14-7-5-4-6-8-14)19(27)26-21-25-16(12-30-21)18-13(2)23-9-10-24-18/h4-10,12,15,22H,3,11H2,1-2H3,(H,25,26,27). The van der Waals surface area contributed by atoms with E-state index in [0.717, 1.165) is 11.3 Å². The van der Waals surface area contributed by atoms with E-state index in [4.69, 9.17) is 10.1 Å². The summed E-state index contributed by atoms with van der Waals surface area (Å²) in [7, 11) is 0. The number of aryl methyl sites for hydroxylation is 1. The van der Waals surface area contributed by atoms with Crippen molar-refractivity contribution in [1.82, 2.24) is 15.0 Å². The van der Waals surface area contributed by atoms with Crippen LogP contribution in [-0.4, -0.2) is 32.5 Å². The van der Waals surface area contributed by atoms with E-state index >= 15 is 0 Å². The molecule has 30 heavy (non-hydrogen) atoms. The first-order chi connectivity index (χ1) is 14.5. The van der Waals surface area contributed by atoms with Gasteiger partial charge in [0.1, 0.15) is 23.7 Å². The van der Waals surface area contributed by atoms with Gasteiger partial charge in [-0.15, -0.1) is 11.3 Å². The molecule has 0 saturated carbocycles. The predicted octanol–water partition coefficient (Wildman–Crippen LogP) is 3.64. The number of hydrogen-bond donors (Lipinski definition) is 2. The van der Waals surface area contributed by atoms with E-state index in [1.54, 1.807) is 24.7 Å². The monoisotopic (exact) mass is 423 g/mol. The van der Waals surface area contributed by atoms with Gasteiger partial charge in [0.05, 0.1) is 11.6 Å². The Balaban J connectivity index is 1.62. The number of nitrogens with zero attached hydrogens (tertiary/aromatic N) is 3. The van der Waals surface area contributed by atoms with Crippen LogP contribution in [0.1, 0.15) is 24.6 Å². The number of carbonyl (C=O) groups excluding carboxylic acids is 2. The molecular formula is C21H21N5O3S. The number of amides is 1. The number of thiazole rings is 1. The average Bonchev–Trinajstić information content (AvgIpc) is 3.21. The lowest BCUT2D eigenvalue weighted by Crippen LogP contribution is -2.34. The second-order valence-electron chi connectivity index (χ2n) is 6.45. The molecule has 3 rings (SSSR count). The Kier molecular flexibility index (Phi) is 6.97. The highest BCUT2D eigenvalue weighted by Gasteiger charge is 2.28. The van der Waals surface area contributed by atoms with E-state index in [9.17, 15) is 9.59 Å². The molecule has 3 aromatic rings. The Hall–Kier alpha value is -3.46. The molecule has 2 heterocycles. The van der Waals surface area contributed by atoms with E-state index in [2.05, 4.69) is 20.3 Å². The average molecular weight is 423 g/mol. The van der Waals surface area contributed by atoms with Crippen molar-refractivity contribution >= 4 is 34.1 Å². The second-order valence-corrected chi connectivity index (χ2v) is 7.31. The Morgan fingerprint density at radius 2 is 1.93 bits per heavy atom. The minimum absolute atomic E-state index is 0.0490. The molecule has 0 radical (unpaired) electrons. The zero-order valence-electron chi connectivity index (χ0n) is 16.6. The molecule has 8 nitrogen and oxygen atoms in total. The first kappa shape index (κ1) is 21.3. The molecule has 0 saturated heterocycles. The van der Waals surface area contributed by atoms with Crippen molar-refractivity contribution in [1.29, 1.82) is 5.41 Å². The van der Waals surface area contributed by atoms with Crippen LogP contribution in [-0.2, 0) is 20.9 Å². The number of benzene rings is 1. The summed E-state index contributed by atoms with van der Waals surface area (Å²) < 4.78 is 5.18. The summed E-state index contributed by atoms with van der Waals surface area (Å²) in [6.45, 7) is 3.61. The summed E-state index contributed by atoms with van der Waals surface area (Å²) in [5.41, 5.74) is 2.40. The maximum absolute atomic E-state index is 12.7. The number of rotatable bonds is 8. The zero-order valence-corrected chi connectivity index (χ0v) is 17.4. The van der Waals surface area contributed by atoms with Gasteiger partial charge in [0.25, 0.3) is 0 Å². The van der Waals surface area contributed by atoms with Gasteiger partial charge in [-0.3, -0.25) is 20.2 Å². The highest BCUT2D eigenvalue weighted by molar-refractivity contribution is 7.14. The largest absolute Gasteiger partial charge is 0.456 e. The van der Waals surface area contributed by atoms with Crippen molar-refractivity contribution in [2.24, 2.45) is 5.92 Å². The number of nitrogens with one attached hydrogen (secondary N) is 2. The van der Waals surface area contributed by atoms with E-state index in [-0.39, 0.29) is 18.7 Å². The molecule has 2 aromatic heterocycles. The maximum atomic E-state index is 12.7. The normalized spacial score (nSPS) is 11.5. The summed E-state index contributed by atoms with van der Waals surface area (Å²) in [6, 6.07) is 9.17. The zero-order chi connectivity index (χ0) is 21.5. The Morgan fingerprint density at radius 1 is 1.20 bits per heavy atom. The van der Waals surface area contributed by atoms with E-state index < -0.39 is 17.8 Å². The fraction of sp³-hybridized carbons (Fsp3) is 0.238. The third-order valence-corrected chi connectivity index (χ3v) is 5.12. The van der Waals surface area contributed by atoms with Crippen LogP contribution >= 0.6 is 11.3 Å². The molecule has 0 fully saturated rings. The van der Waals surface area contributed by atoms with Crippen LogP contribution in [0.25, 0.3) is 11.4 Å². The quantitative estimate of drug-likeness (QED) is 0.422. The molecule has 1 unspecified atom stereocenters. The van der Waals surface area contributed by atoms with E-state index in [0.29, 0.717) is 16.5 Å². The van der Waals surface area contributed by atoms with Gasteiger partial charge in [-0.1, -0.05) is 37.3 Å². The molecule has 1 aromatic carbocycles. The second kappa shape index (κ2) is 9.84. The number of hydrogen-bond acceptors (Lipinski definition) is 8. The molecule has 154 valence electrons. The van der Waals surface area contributed by atoms with Crippen molar-refractivity contribution in [3.63, 3.8) is 0 Å². The molecule has 2 N–H and O–H groups in total. The summed E-state index contributed by atoms with van der Waals surface area (Å²) in [4.78, 5) is 37.7. The SMILES string of the molecule is CCC(C(=N)C(=O)OCc1ccccc1)C(=O)Nc1nc(-c2nccnc2C)cs1. The van der Waals surface area contributed by atoms with Crippen molar-refractivity contribution < 1.29 is 14.3 Å². The van der Waals surface area contributed by atoms with Gasteiger partial charge in [0.2, 0.25) is 5.91 Å². The molecule has 9 heteroatoms. The maximum Gasteiger partial charge on any atom is 0.353 e. The molecule has 0 aliphatic carbocycles. The summed E-state index contributed by atoms with van der Waals surface area (Å²) in [5, 5.41) is 12.9. The third-order valence-electron chi connectivity index (χ3n) is 4.36. The molecule has 0 aliphatic heterocycles. The Morgan fingerprint density at radius 3 is 2.63 bits per heavy atom. The summed E-state index contributed by atoms with van der Waals surface area (Å²) in [5.74, 6) is -2.22. The lowest BCUT2D eigenvalue weighted by Gasteiger charge is -2.14. The van der Waals surface area contributed by atoms with Crippen LogP contribution in [0.4, 0.5) is 5.13 Å². The molecule has 0 aliphatic rings.